The second kappa shape index (κ2) is 23.4. The lowest BCUT2D eigenvalue weighted by molar-refractivity contribution is -0.144. The summed E-state index contributed by atoms with van der Waals surface area (Å²) in [4.78, 5) is 70.0. The number of imidazole rings is 1. The van der Waals surface area contributed by atoms with E-state index in [0.717, 1.165) is 53.2 Å². The molecular weight excluding hydrogens is 956 g/mol. The van der Waals surface area contributed by atoms with Crippen molar-refractivity contribution in [2.45, 2.75) is 117 Å². The number of benzene rings is 2. The number of nitrogens with one attached hydrogen (secondary N) is 3. The Morgan fingerprint density at radius 3 is 2.28 bits per heavy atom. The summed E-state index contributed by atoms with van der Waals surface area (Å²) in [6.07, 6.45) is 0.548. The molecule has 0 saturated carbocycles. The Morgan fingerprint density at radius 2 is 1.64 bits per heavy atom. The maximum atomic E-state index is 14.0. The van der Waals surface area contributed by atoms with Gasteiger partial charge in [0.05, 0.1) is 59.4 Å². The van der Waals surface area contributed by atoms with Gasteiger partial charge in [0.15, 0.2) is 5.11 Å². The zero-order valence-electron chi connectivity index (χ0n) is 41.5. The van der Waals surface area contributed by atoms with E-state index >= 15 is 0 Å². The van der Waals surface area contributed by atoms with Crippen LogP contribution in [0.5, 0.6) is 5.75 Å². The molecule has 4 N–H and O–H groups in total. The fourth-order valence-electron chi connectivity index (χ4n) is 8.51. The van der Waals surface area contributed by atoms with E-state index in [9.17, 15) is 42.7 Å². The molecule has 4 aromatic rings. The third-order valence-corrected chi connectivity index (χ3v) is 12.8. The van der Waals surface area contributed by atoms with Gasteiger partial charge in [0.2, 0.25) is 17.7 Å². The van der Waals surface area contributed by atoms with E-state index in [2.05, 4.69) is 25.6 Å². The first-order chi connectivity index (χ1) is 34.0. The average Bonchev–Trinajstić information content (AvgIpc) is 4.00. The number of hydrogen-bond acceptors (Lipinski definition) is 12. The maximum absolute atomic E-state index is 14.0. The molecule has 2 aliphatic rings. The number of ether oxygens (including phenoxy) is 3. The molecule has 2 saturated heterocycles. The zero-order valence-corrected chi connectivity index (χ0v) is 42.3. The van der Waals surface area contributed by atoms with Crippen molar-refractivity contribution in [2.75, 3.05) is 49.4 Å². The van der Waals surface area contributed by atoms with Crippen LogP contribution in [0.25, 0.3) is 11.3 Å². The van der Waals surface area contributed by atoms with Gasteiger partial charge in [0.25, 0.3) is 5.91 Å². The molecule has 17 nitrogen and oxygen atoms in total. The molecule has 2 aromatic carbocycles. The van der Waals surface area contributed by atoms with Crippen molar-refractivity contribution in [3.63, 3.8) is 0 Å². The number of anilines is 2. The summed E-state index contributed by atoms with van der Waals surface area (Å²) in [6, 6.07) is 12.7. The van der Waals surface area contributed by atoms with Gasteiger partial charge >= 0.3 is 6.18 Å². The van der Waals surface area contributed by atoms with Crippen molar-refractivity contribution < 1.29 is 51.7 Å². The first-order valence-electron chi connectivity index (χ1n) is 23.8. The number of H-pyrrole nitrogens is 1. The summed E-state index contributed by atoms with van der Waals surface area (Å²) in [6.45, 7) is 13.7. The number of hydrogen-bond donors (Lipinski definition) is 4. The number of carbonyl (C=O) groups is 4. The molecule has 0 bridgehead atoms. The second-order valence-corrected chi connectivity index (χ2v) is 19.8. The number of aliphatic hydroxyl groups is 1. The van der Waals surface area contributed by atoms with Crippen molar-refractivity contribution >= 4 is 52.3 Å². The van der Waals surface area contributed by atoms with E-state index in [1.165, 1.54) is 11.0 Å². The third-order valence-electron chi connectivity index (χ3n) is 12.4. The van der Waals surface area contributed by atoms with Gasteiger partial charge in [-0.15, -0.1) is 0 Å². The Kier molecular flexibility index (Phi) is 17.8. The number of aryl methyl sites for hydroxylation is 1. The first-order valence-corrected chi connectivity index (χ1v) is 24.2. The van der Waals surface area contributed by atoms with E-state index < -0.39 is 76.1 Å². The minimum absolute atomic E-state index is 0.00140. The monoisotopic (exact) mass is 1020 g/mol. The summed E-state index contributed by atoms with van der Waals surface area (Å²) in [5.74, 6) is -1.34. The molecule has 6 rings (SSSR count). The number of unbranched alkanes of at least 4 members (excludes halogenated alkanes) is 2. The quantitative estimate of drug-likeness (QED) is 0.0493. The smallest absolute Gasteiger partial charge is 0.417 e. The number of aromatic nitrogens is 3. The van der Waals surface area contributed by atoms with Crippen LogP contribution < -0.4 is 25.2 Å². The molecular formula is C51H62F3N9O8S. The van der Waals surface area contributed by atoms with E-state index in [0.29, 0.717) is 43.4 Å². The molecule has 0 radical (unpaired) electrons. The lowest BCUT2D eigenvalue weighted by Crippen LogP contribution is -2.58. The number of aromatic amines is 1. The van der Waals surface area contributed by atoms with Crippen LogP contribution in [0.4, 0.5) is 24.5 Å². The highest BCUT2D eigenvalue weighted by Gasteiger charge is 2.51. The van der Waals surface area contributed by atoms with Crippen LogP contribution in [0.15, 0.2) is 67.1 Å². The van der Waals surface area contributed by atoms with Crippen LogP contribution in [0.1, 0.15) is 102 Å². The predicted molar refractivity (Wildman–Crippen MR) is 265 cm³/mol. The van der Waals surface area contributed by atoms with Crippen molar-refractivity contribution in [1.29, 1.82) is 5.26 Å². The molecule has 21 heteroatoms. The normalized spacial score (nSPS) is 17.7. The minimum Gasteiger partial charge on any atom is -0.494 e. The lowest BCUT2D eigenvalue weighted by Gasteiger charge is -2.35. The molecule has 2 fully saturated rings. The highest BCUT2D eigenvalue weighted by atomic mass is 32.1. The number of nitriles is 1. The molecule has 2 aliphatic heterocycles. The zero-order chi connectivity index (χ0) is 52.5. The van der Waals surface area contributed by atoms with Crippen molar-refractivity contribution in [3.05, 3.63) is 89.6 Å². The van der Waals surface area contributed by atoms with Gasteiger partial charge in [-0.3, -0.25) is 29.1 Å². The Balaban J connectivity index is 0.859. The summed E-state index contributed by atoms with van der Waals surface area (Å²) in [5, 5.41) is 25.5. The van der Waals surface area contributed by atoms with Crippen LogP contribution >= 0.6 is 12.2 Å². The van der Waals surface area contributed by atoms with Crippen LogP contribution in [-0.4, -0.2) is 117 Å². The molecule has 4 atom stereocenters. The van der Waals surface area contributed by atoms with Crippen molar-refractivity contribution in [3.8, 4) is 23.1 Å². The molecule has 0 spiro atoms. The van der Waals surface area contributed by atoms with E-state index in [1.807, 2.05) is 33.8 Å². The number of amides is 4. The number of alkyl halides is 3. The second-order valence-electron chi connectivity index (χ2n) is 19.4. The number of pyridine rings is 1. The Hall–Kier alpha value is -6.47. The number of rotatable bonds is 21. The number of nitrogens with zero attached hydrogens (tertiary/aromatic N) is 6. The predicted octanol–water partition coefficient (Wildman–Crippen LogP) is 6.93. The molecule has 4 heterocycles. The molecule has 386 valence electrons. The molecule has 0 aliphatic carbocycles. The Bertz CT molecular complexity index is 2610. The average molecular weight is 1020 g/mol. The molecule has 2 aromatic heterocycles. The fraction of sp³-hybridized carbons (Fsp3) is 0.490. The highest BCUT2D eigenvalue weighted by Crippen LogP contribution is 2.40. The number of thiocarbonyl (C=S) groups is 1. The topological polar surface area (TPSA) is 215 Å². The van der Waals surface area contributed by atoms with Gasteiger partial charge in [-0.05, 0) is 126 Å². The van der Waals surface area contributed by atoms with Crippen molar-refractivity contribution in [2.24, 2.45) is 5.41 Å². The van der Waals surface area contributed by atoms with Gasteiger partial charge < -0.3 is 44.7 Å². The van der Waals surface area contributed by atoms with Gasteiger partial charge in [-0.2, -0.15) is 18.4 Å². The SMILES string of the molecule is Cc1[nH]cnc1-c1ccc([C@H](C)NC(=O)[C@@H]2C[C@@H](O)CN2C(=O)[C@@H](NC(=O)COCCCOCCCCCOc2ccc(N3C(=S)N(c4ccc(C#N)c(C(F)(F)F)c4)C(=O)C3(C)C)cc2)C(C)(C)C)nc1. The maximum Gasteiger partial charge on any atom is 0.417 e. The van der Waals surface area contributed by atoms with Gasteiger partial charge in [0.1, 0.15) is 30.0 Å². The summed E-state index contributed by atoms with van der Waals surface area (Å²) in [5.41, 5.74) is -0.0736. The number of halogens is 3. The van der Waals surface area contributed by atoms with Gasteiger partial charge in [-0.25, -0.2) is 4.98 Å². The van der Waals surface area contributed by atoms with Crippen LogP contribution in [-0.2, 0) is 34.8 Å². The van der Waals surface area contributed by atoms with Crippen molar-refractivity contribution in [1.82, 2.24) is 30.5 Å². The summed E-state index contributed by atoms with van der Waals surface area (Å²) < 4.78 is 58.4. The number of β-amino-alcohol motifs (C(OH)–C–C–N with tert-alkyl or cyclic N) is 1. The van der Waals surface area contributed by atoms with E-state index in [4.69, 9.17) is 26.4 Å². The fourth-order valence-corrected chi connectivity index (χ4v) is 9.03. The molecule has 72 heavy (non-hydrogen) atoms. The Morgan fingerprint density at radius 1 is 0.958 bits per heavy atom. The van der Waals surface area contributed by atoms with Gasteiger partial charge in [-0.1, -0.05) is 20.8 Å². The standard InChI is InChI=1S/C51H62F3N9O8S/c1-31(40-19-13-34(27-56-40)43-32(2)57-30-58-43)59-45(66)41-25-37(64)28-61(41)46(67)44(49(3,4)5)60-42(65)29-70-22-11-21-69-20-9-8-10-23-71-38-17-15-35(16-18-38)63-48(72)62(47(68)50(63,6)7)36-14-12-33(26-55)39(24-36)51(52,53)54/h12-19,24,27,30-31,37,41,44,64H,8-11,20-23,25,28-29H2,1-7H3,(H,57,58)(H,59,66)(H,60,65)/t31-,37+,41-,44+/m0/s1. The largest absolute Gasteiger partial charge is 0.494 e. The van der Waals surface area contributed by atoms with Gasteiger partial charge in [0, 0.05) is 55.9 Å². The summed E-state index contributed by atoms with van der Waals surface area (Å²) >= 11 is 5.62. The van der Waals surface area contributed by atoms with Crippen LogP contribution in [0.2, 0.25) is 0 Å². The third kappa shape index (κ3) is 13.1. The molecule has 4 amide bonds. The number of likely N-dealkylation sites (tertiary alicyclic amines) is 1. The van der Waals surface area contributed by atoms with Crippen LogP contribution in [0, 0.1) is 23.7 Å². The van der Waals surface area contributed by atoms with Crippen LogP contribution in [0.3, 0.4) is 0 Å². The highest BCUT2D eigenvalue weighted by molar-refractivity contribution is 7.81. The first kappa shape index (κ1) is 54.9. The molecule has 0 unspecified atom stereocenters. The minimum atomic E-state index is -4.80. The lowest BCUT2D eigenvalue weighted by atomic mass is 9.85. The number of aliphatic hydroxyl groups excluding tert-OH is 1. The summed E-state index contributed by atoms with van der Waals surface area (Å²) in [7, 11) is 0. The van der Waals surface area contributed by atoms with E-state index in [1.54, 1.807) is 74.6 Å². The Labute approximate surface area is 422 Å². The number of carbonyl (C=O) groups excluding carboxylic acids is 4. The van der Waals surface area contributed by atoms with E-state index in [-0.39, 0.29) is 37.0 Å².